The number of halogens is 2. The first-order valence-electron chi connectivity index (χ1n) is 7.15. The first-order chi connectivity index (χ1) is 11.0. The second-order valence-corrected chi connectivity index (χ2v) is 5.64. The molecule has 6 nitrogen and oxygen atoms in total. The number of carbonyl (C=O) groups excluding carboxylic acids is 1. The lowest BCUT2D eigenvalue weighted by atomic mass is 10.1. The van der Waals surface area contributed by atoms with Crippen molar-refractivity contribution in [2.24, 2.45) is 4.99 Å². The zero-order valence-electron chi connectivity index (χ0n) is 13.5. The molecule has 1 atom stereocenters. The summed E-state index contributed by atoms with van der Waals surface area (Å²) in [5.74, 6) is 0.368. The number of hydrogen-bond acceptors (Lipinski definition) is 3. The largest absolute Gasteiger partial charge is 0.383 e. The molecule has 1 amide bonds. The number of ether oxygens (including phenoxy) is 1. The van der Waals surface area contributed by atoms with Gasteiger partial charge in [0.15, 0.2) is 5.96 Å². The SMILES string of the molecule is CN=C(NCC(=O)NCCOC)NC(C)c1ccc(Cl)cc1Cl. The second kappa shape index (κ2) is 10.3. The second-order valence-electron chi connectivity index (χ2n) is 4.80. The minimum absolute atomic E-state index is 0.0949. The van der Waals surface area contributed by atoms with Gasteiger partial charge in [-0.1, -0.05) is 29.3 Å². The zero-order chi connectivity index (χ0) is 17.2. The Labute approximate surface area is 146 Å². The molecule has 1 aromatic rings. The number of amides is 1. The Kier molecular flexibility index (Phi) is 8.76. The molecule has 0 aromatic heterocycles. The number of guanidine groups is 1. The molecule has 0 spiro atoms. The van der Waals surface area contributed by atoms with Crippen molar-refractivity contribution in [3.05, 3.63) is 33.8 Å². The molecule has 0 bridgehead atoms. The maximum absolute atomic E-state index is 11.6. The van der Waals surface area contributed by atoms with E-state index in [9.17, 15) is 4.79 Å². The molecule has 0 saturated heterocycles. The Balaban J connectivity index is 2.51. The number of rotatable bonds is 7. The Hall–Kier alpha value is -1.50. The summed E-state index contributed by atoms with van der Waals surface area (Å²) in [7, 11) is 3.22. The first-order valence-corrected chi connectivity index (χ1v) is 7.91. The normalized spacial score (nSPS) is 12.7. The number of carbonyl (C=O) groups is 1. The van der Waals surface area contributed by atoms with E-state index in [0.29, 0.717) is 29.2 Å². The van der Waals surface area contributed by atoms with Gasteiger partial charge in [-0.2, -0.15) is 0 Å². The summed E-state index contributed by atoms with van der Waals surface area (Å²) in [6, 6.07) is 5.23. The molecule has 128 valence electrons. The molecular weight excluding hydrogens is 339 g/mol. The standard InChI is InChI=1S/C15H22Cl2N4O2/c1-10(12-5-4-11(16)8-13(12)17)21-15(18-2)20-9-14(22)19-6-7-23-3/h4-5,8,10H,6-7,9H2,1-3H3,(H,19,22)(H2,18,20,21). The van der Waals surface area contributed by atoms with Gasteiger partial charge in [0.05, 0.1) is 19.2 Å². The van der Waals surface area contributed by atoms with Crippen LogP contribution in [0.2, 0.25) is 10.0 Å². The van der Waals surface area contributed by atoms with Crippen molar-refractivity contribution >= 4 is 35.1 Å². The van der Waals surface area contributed by atoms with Gasteiger partial charge in [0.2, 0.25) is 5.91 Å². The molecule has 0 heterocycles. The quantitative estimate of drug-likeness (QED) is 0.394. The lowest BCUT2D eigenvalue weighted by molar-refractivity contribution is -0.120. The highest BCUT2D eigenvalue weighted by Gasteiger charge is 2.12. The molecular formula is C15H22Cl2N4O2. The average molecular weight is 361 g/mol. The predicted octanol–water partition coefficient (Wildman–Crippen LogP) is 1.98. The molecule has 23 heavy (non-hydrogen) atoms. The Morgan fingerprint density at radius 1 is 1.35 bits per heavy atom. The van der Waals surface area contributed by atoms with Gasteiger partial charge in [-0.05, 0) is 24.6 Å². The topological polar surface area (TPSA) is 74.8 Å². The fourth-order valence-corrected chi connectivity index (χ4v) is 2.42. The summed E-state index contributed by atoms with van der Waals surface area (Å²) in [6.45, 7) is 3.01. The van der Waals surface area contributed by atoms with Gasteiger partial charge in [0, 0.05) is 30.7 Å². The molecule has 1 unspecified atom stereocenters. The van der Waals surface area contributed by atoms with E-state index in [1.165, 1.54) is 0 Å². The van der Waals surface area contributed by atoms with Crippen molar-refractivity contribution in [2.75, 3.05) is 33.9 Å². The third kappa shape index (κ3) is 7.07. The highest BCUT2D eigenvalue weighted by atomic mass is 35.5. The van der Waals surface area contributed by atoms with Crippen molar-refractivity contribution in [3.8, 4) is 0 Å². The summed E-state index contributed by atoms with van der Waals surface area (Å²) in [5, 5.41) is 9.99. The number of hydrogen-bond donors (Lipinski definition) is 3. The van der Waals surface area contributed by atoms with Gasteiger partial charge in [-0.15, -0.1) is 0 Å². The van der Waals surface area contributed by atoms with Crippen LogP contribution in [-0.2, 0) is 9.53 Å². The van der Waals surface area contributed by atoms with Crippen LogP contribution in [0.25, 0.3) is 0 Å². The Bertz CT molecular complexity index is 552. The summed E-state index contributed by atoms with van der Waals surface area (Å²) in [6.07, 6.45) is 0. The molecule has 1 rings (SSSR count). The van der Waals surface area contributed by atoms with Crippen LogP contribution in [-0.4, -0.2) is 45.7 Å². The van der Waals surface area contributed by atoms with E-state index < -0.39 is 0 Å². The lowest BCUT2D eigenvalue weighted by Crippen LogP contribution is -2.44. The monoisotopic (exact) mass is 360 g/mol. The average Bonchev–Trinajstić information content (AvgIpc) is 2.51. The van der Waals surface area contributed by atoms with Crippen LogP contribution in [0.15, 0.2) is 23.2 Å². The van der Waals surface area contributed by atoms with Crippen LogP contribution in [0.5, 0.6) is 0 Å². The third-order valence-corrected chi connectivity index (χ3v) is 3.61. The molecule has 0 aliphatic carbocycles. The fraction of sp³-hybridized carbons (Fsp3) is 0.467. The van der Waals surface area contributed by atoms with E-state index in [0.717, 1.165) is 5.56 Å². The Morgan fingerprint density at radius 2 is 2.09 bits per heavy atom. The van der Waals surface area contributed by atoms with E-state index in [-0.39, 0.29) is 18.5 Å². The van der Waals surface area contributed by atoms with Gasteiger partial charge in [-0.3, -0.25) is 9.79 Å². The van der Waals surface area contributed by atoms with Crippen molar-refractivity contribution in [3.63, 3.8) is 0 Å². The number of benzene rings is 1. The van der Waals surface area contributed by atoms with Crippen molar-refractivity contribution in [2.45, 2.75) is 13.0 Å². The summed E-state index contributed by atoms with van der Waals surface area (Å²) >= 11 is 12.1. The van der Waals surface area contributed by atoms with E-state index in [1.807, 2.05) is 13.0 Å². The van der Waals surface area contributed by atoms with Crippen molar-refractivity contribution in [1.82, 2.24) is 16.0 Å². The Morgan fingerprint density at radius 3 is 2.70 bits per heavy atom. The highest BCUT2D eigenvalue weighted by Crippen LogP contribution is 2.25. The molecule has 0 radical (unpaired) electrons. The van der Waals surface area contributed by atoms with E-state index >= 15 is 0 Å². The van der Waals surface area contributed by atoms with Gasteiger partial charge < -0.3 is 20.7 Å². The molecule has 3 N–H and O–H groups in total. The summed E-state index contributed by atoms with van der Waals surface area (Å²) < 4.78 is 4.87. The third-order valence-electron chi connectivity index (χ3n) is 3.05. The molecule has 0 fully saturated rings. The number of nitrogens with zero attached hydrogens (tertiary/aromatic N) is 1. The van der Waals surface area contributed by atoms with Crippen LogP contribution < -0.4 is 16.0 Å². The fourth-order valence-electron chi connectivity index (χ4n) is 1.85. The van der Waals surface area contributed by atoms with Crippen molar-refractivity contribution in [1.29, 1.82) is 0 Å². The smallest absolute Gasteiger partial charge is 0.239 e. The number of aliphatic imine (C=N–C) groups is 1. The minimum Gasteiger partial charge on any atom is -0.383 e. The lowest BCUT2D eigenvalue weighted by Gasteiger charge is -2.19. The van der Waals surface area contributed by atoms with E-state index in [2.05, 4.69) is 20.9 Å². The maximum Gasteiger partial charge on any atom is 0.239 e. The van der Waals surface area contributed by atoms with Gasteiger partial charge in [-0.25, -0.2) is 0 Å². The molecule has 1 aromatic carbocycles. The molecule has 8 heteroatoms. The number of methoxy groups -OCH3 is 1. The molecule has 0 aliphatic rings. The van der Waals surface area contributed by atoms with Gasteiger partial charge in [0.1, 0.15) is 0 Å². The van der Waals surface area contributed by atoms with Gasteiger partial charge in [0.25, 0.3) is 0 Å². The van der Waals surface area contributed by atoms with Crippen LogP contribution in [0, 0.1) is 0 Å². The molecule has 0 aliphatic heterocycles. The van der Waals surface area contributed by atoms with Crippen LogP contribution >= 0.6 is 23.2 Å². The number of nitrogens with one attached hydrogen (secondary N) is 3. The maximum atomic E-state index is 11.6. The van der Waals surface area contributed by atoms with Crippen LogP contribution in [0.4, 0.5) is 0 Å². The zero-order valence-corrected chi connectivity index (χ0v) is 15.0. The van der Waals surface area contributed by atoms with Crippen LogP contribution in [0.1, 0.15) is 18.5 Å². The first kappa shape index (κ1) is 19.5. The van der Waals surface area contributed by atoms with E-state index in [1.54, 1.807) is 26.3 Å². The highest BCUT2D eigenvalue weighted by molar-refractivity contribution is 6.35. The van der Waals surface area contributed by atoms with Crippen LogP contribution in [0.3, 0.4) is 0 Å². The van der Waals surface area contributed by atoms with Crippen molar-refractivity contribution < 1.29 is 9.53 Å². The predicted molar refractivity (Wildman–Crippen MR) is 94.3 cm³/mol. The summed E-state index contributed by atoms with van der Waals surface area (Å²) in [4.78, 5) is 15.7. The minimum atomic E-state index is -0.137. The van der Waals surface area contributed by atoms with Gasteiger partial charge >= 0.3 is 0 Å². The molecule has 0 saturated carbocycles. The summed E-state index contributed by atoms with van der Waals surface area (Å²) in [5.41, 5.74) is 0.892. The van der Waals surface area contributed by atoms with E-state index in [4.69, 9.17) is 27.9 Å².